The van der Waals surface area contributed by atoms with Gasteiger partial charge in [-0.1, -0.05) is 25.1 Å². The number of aromatic nitrogens is 2. The van der Waals surface area contributed by atoms with Gasteiger partial charge in [-0.05, 0) is 56.4 Å². The lowest BCUT2D eigenvalue weighted by molar-refractivity contribution is 0.0931. The Hall–Kier alpha value is -2.71. The highest BCUT2D eigenvalue weighted by Crippen LogP contribution is 2.28. The maximum absolute atomic E-state index is 13.3. The molecule has 1 atom stereocenters. The molecule has 0 saturated carbocycles. The molecule has 32 heavy (non-hydrogen) atoms. The number of hydrogen-bond acceptors (Lipinski definition) is 4. The molecule has 0 spiro atoms. The summed E-state index contributed by atoms with van der Waals surface area (Å²) in [6.07, 6.45) is 3.46. The van der Waals surface area contributed by atoms with Gasteiger partial charge in [0, 0.05) is 37.4 Å². The summed E-state index contributed by atoms with van der Waals surface area (Å²) >= 11 is 0. The number of carbonyl (C=O) groups excluding carboxylic acids is 1. The van der Waals surface area contributed by atoms with Crippen molar-refractivity contribution in [3.63, 3.8) is 0 Å². The van der Waals surface area contributed by atoms with Gasteiger partial charge in [-0.15, -0.1) is 0 Å². The Bertz CT molecular complexity index is 1250. The number of sulfonamides is 1. The zero-order chi connectivity index (χ0) is 23.0. The predicted octanol–water partition coefficient (Wildman–Crippen LogP) is 3.79. The summed E-state index contributed by atoms with van der Waals surface area (Å²) in [5, 5.41) is 4.01. The van der Waals surface area contributed by atoms with Crippen LogP contribution in [0.1, 0.15) is 54.5 Å². The lowest BCUT2D eigenvalue weighted by atomic mass is 10.0. The molecule has 8 heteroatoms. The van der Waals surface area contributed by atoms with E-state index in [2.05, 4.69) is 17.2 Å². The minimum atomic E-state index is -3.64. The Morgan fingerprint density at radius 3 is 2.62 bits per heavy atom. The molecule has 170 valence electrons. The van der Waals surface area contributed by atoms with E-state index in [4.69, 9.17) is 0 Å². The molecule has 1 aromatic carbocycles. The predicted molar refractivity (Wildman–Crippen MR) is 125 cm³/mol. The van der Waals surface area contributed by atoms with E-state index < -0.39 is 10.0 Å². The Morgan fingerprint density at radius 1 is 1.19 bits per heavy atom. The topological polar surface area (TPSA) is 84.3 Å². The van der Waals surface area contributed by atoms with Crippen LogP contribution >= 0.6 is 0 Å². The third-order valence-electron chi connectivity index (χ3n) is 6.58. The van der Waals surface area contributed by atoms with Gasteiger partial charge < -0.3 is 9.88 Å². The number of piperidine rings is 1. The second kappa shape index (κ2) is 8.67. The Morgan fingerprint density at radius 2 is 1.91 bits per heavy atom. The van der Waals surface area contributed by atoms with Crippen molar-refractivity contribution in [2.45, 2.75) is 44.6 Å². The van der Waals surface area contributed by atoms with Crippen LogP contribution in [-0.2, 0) is 17.1 Å². The number of pyridine rings is 1. The zero-order valence-corrected chi connectivity index (χ0v) is 19.8. The number of nitrogens with zero attached hydrogens (tertiary/aromatic N) is 3. The Labute approximate surface area is 189 Å². The average Bonchev–Trinajstić information content (AvgIpc) is 3.09. The van der Waals surface area contributed by atoms with Crippen molar-refractivity contribution in [3.8, 4) is 0 Å². The number of amides is 1. The van der Waals surface area contributed by atoms with Crippen LogP contribution in [0.4, 0.5) is 0 Å². The molecule has 1 saturated heterocycles. The molecule has 2 aromatic heterocycles. The van der Waals surface area contributed by atoms with Gasteiger partial charge in [0.05, 0.1) is 11.6 Å². The van der Waals surface area contributed by atoms with Crippen molar-refractivity contribution >= 4 is 26.8 Å². The smallest absolute Gasteiger partial charge is 0.268 e. The van der Waals surface area contributed by atoms with Gasteiger partial charge in [-0.3, -0.25) is 9.78 Å². The molecule has 1 fully saturated rings. The van der Waals surface area contributed by atoms with Crippen molar-refractivity contribution in [2.75, 3.05) is 13.1 Å². The molecule has 1 aliphatic heterocycles. The minimum Gasteiger partial charge on any atom is -0.344 e. The molecule has 0 unspecified atom stereocenters. The van der Waals surface area contributed by atoms with Crippen molar-refractivity contribution in [2.24, 2.45) is 13.0 Å². The molecule has 1 N–H and O–H groups in total. The first-order valence-electron chi connectivity index (χ1n) is 11.0. The minimum absolute atomic E-state index is 0.210. The molecular formula is C24H30N4O3S. The maximum atomic E-state index is 13.3. The summed E-state index contributed by atoms with van der Waals surface area (Å²) in [5.74, 6) is 0.225. The first-order valence-corrected chi connectivity index (χ1v) is 12.4. The highest BCUT2D eigenvalue weighted by atomic mass is 32.2. The Kier molecular flexibility index (Phi) is 6.09. The standard InChI is InChI=1S/C24H30N4O3S/c1-16-10-13-28(14-11-16)32(30,31)23-15-22(27(4)18(23)3)24(29)26-17(2)19-7-5-9-21-20(19)8-6-12-25-21/h5-9,12,15-17H,10-11,13-14H2,1-4H3,(H,26,29)/t17-/m1/s1. The number of rotatable bonds is 5. The highest BCUT2D eigenvalue weighted by Gasteiger charge is 2.32. The van der Waals surface area contributed by atoms with Gasteiger partial charge in [-0.25, -0.2) is 8.42 Å². The number of hydrogen-bond donors (Lipinski definition) is 1. The first kappa shape index (κ1) is 22.5. The number of carbonyl (C=O) groups is 1. The fourth-order valence-electron chi connectivity index (χ4n) is 4.37. The molecule has 1 aliphatic rings. The van der Waals surface area contributed by atoms with E-state index in [9.17, 15) is 13.2 Å². The van der Waals surface area contributed by atoms with E-state index in [1.807, 2.05) is 37.3 Å². The molecule has 1 amide bonds. The molecule has 4 rings (SSSR count). The normalized spacial score (nSPS) is 16.9. The number of benzene rings is 1. The average molecular weight is 455 g/mol. The number of fused-ring (bicyclic) bond motifs is 1. The molecule has 3 aromatic rings. The maximum Gasteiger partial charge on any atom is 0.268 e. The van der Waals surface area contributed by atoms with Crippen LogP contribution in [0, 0.1) is 12.8 Å². The Balaban J connectivity index is 1.60. The van der Waals surface area contributed by atoms with Crippen molar-refractivity contribution in [1.29, 1.82) is 0 Å². The third kappa shape index (κ3) is 4.04. The third-order valence-corrected chi connectivity index (χ3v) is 8.59. The summed E-state index contributed by atoms with van der Waals surface area (Å²) in [6, 6.07) is 10.9. The van der Waals surface area contributed by atoms with Gasteiger partial charge in [-0.2, -0.15) is 4.31 Å². The van der Waals surface area contributed by atoms with E-state index >= 15 is 0 Å². The SMILES string of the molecule is Cc1c(S(=O)(=O)N2CCC(C)CC2)cc(C(=O)N[C@H](C)c2cccc3ncccc23)n1C. The van der Waals surface area contributed by atoms with Crippen molar-refractivity contribution in [1.82, 2.24) is 19.2 Å². The summed E-state index contributed by atoms with van der Waals surface area (Å²) in [6.45, 7) is 6.85. The second-order valence-corrected chi connectivity index (χ2v) is 10.6. The molecule has 3 heterocycles. The fourth-order valence-corrected chi connectivity index (χ4v) is 6.11. The molecule has 7 nitrogen and oxygen atoms in total. The van der Waals surface area contributed by atoms with Crippen LogP contribution in [0.15, 0.2) is 47.5 Å². The molecule has 0 bridgehead atoms. The zero-order valence-electron chi connectivity index (χ0n) is 19.0. The van der Waals surface area contributed by atoms with Crippen LogP contribution in [0.3, 0.4) is 0 Å². The van der Waals surface area contributed by atoms with E-state index in [-0.39, 0.29) is 16.8 Å². The first-order chi connectivity index (χ1) is 15.2. The summed E-state index contributed by atoms with van der Waals surface area (Å²) in [5.41, 5.74) is 2.72. The van der Waals surface area contributed by atoms with Gasteiger partial charge in [0.15, 0.2) is 0 Å². The van der Waals surface area contributed by atoms with E-state index in [0.29, 0.717) is 30.4 Å². The molecule has 0 radical (unpaired) electrons. The summed E-state index contributed by atoms with van der Waals surface area (Å²) in [4.78, 5) is 17.7. The van der Waals surface area contributed by atoms with Gasteiger partial charge in [0.1, 0.15) is 10.6 Å². The van der Waals surface area contributed by atoms with Gasteiger partial charge in [0.2, 0.25) is 10.0 Å². The van der Waals surface area contributed by atoms with E-state index in [0.717, 1.165) is 29.3 Å². The summed E-state index contributed by atoms with van der Waals surface area (Å²) < 4.78 is 29.7. The van der Waals surface area contributed by atoms with Gasteiger partial charge >= 0.3 is 0 Å². The van der Waals surface area contributed by atoms with Crippen LogP contribution < -0.4 is 5.32 Å². The lowest BCUT2D eigenvalue weighted by Crippen LogP contribution is -2.38. The number of nitrogens with one attached hydrogen (secondary N) is 1. The fraction of sp³-hybridized carbons (Fsp3) is 0.417. The summed E-state index contributed by atoms with van der Waals surface area (Å²) in [7, 11) is -1.91. The van der Waals surface area contributed by atoms with Crippen LogP contribution in [0.5, 0.6) is 0 Å². The van der Waals surface area contributed by atoms with Crippen molar-refractivity contribution < 1.29 is 13.2 Å². The van der Waals surface area contributed by atoms with E-state index in [1.54, 1.807) is 29.0 Å². The van der Waals surface area contributed by atoms with E-state index in [1.165, 1.54) is 6.07 Å². The van der Waals surface area contributed by atoms with Gasteiger partial charge in [0.25, 0.3) is 5.91 Å². The quantitative estimate of drug-likeness (QED) is 0.636. The van der Waals surface area contributed by atoms with Crippen LogP contribution in [0.2, 0.25) is 0 Å². The monoisotopic (exact) mass is 454 g/mol. The highest BCUT2D eigenvalue weighted by molar-refractivity contribution is 7.89. The lowest BCUT2D eigenvalue weighted by Gasteiger charge is -2.29. The van der Waals surface area contributed by atoms with Crippen LogP contribution in [0.25, 0.3) is 10.9 Å². The second-order valence-electron chi connectivity index (χ2n) is 8.74. The largest absolute Gasteiger partial charge is 0.344 e. The molecule has 0 aliphatic carbocycles. The van der Waals surface area contributed by atoms with Crippen molar-refractivity contribution in [3.05, 3.63) is 59.5 Å². The van der Waals surface area contributed by atoms with Crippen LogP contribution in [-0.4, -0.2) is 41.3 Å². The molecular weight excluding hydrogens is 424 g/mol.